The predicted molar refractivity (Wildman–Crippen MR) is 60.0 cm³/mol. The molecule has 1 aromatic heterocycles. The molecule has 0 aliphatic heterocycles. The van der Waals surface area contributed by atoms with Crippen LogP contribution in [0.3, 0.4) is 0 Å². The Morgan fingerprint density at radius 3 is 2.92 bits per heavy atom. The van der Waals surface area contributed by atoms with Gasteiger partial charge >= 0.3 is 0 Å². The highest BCUT2D eigenvalue weighted by molar-refractivity contribution is 7.81. The van der Waals surface area contributed by atoms with Gasteiger partial charge in [-0.25, -0.2) is 0 Å². The second kappa shape index (κ2) is 3.40. The van der Waals surface area contributed by atoms with Gasteiger partial charge in [0.2, 0.25) is 0 Å². The largest absolute Gasteiger partial charge is 0.780 e. The molecule has 2 nitrogen and oxygen atoms in total. The highest BCUT2D eigenvalue weighted by Gasteiger charge is 1.94. The van der Waals surface area contributed by atoms with Crippen LogP contribution >= 0.6 is 12.8 Å². The van der Waals surface area contributed by atoms with E-state index >= 15 is 0 Å². The summed E-state index contributed by atoms with van der Waals surface area (Å²) in [4.78, 5) is 5.06. The molecule has 0 saturated heterocycles. The lowest BCUT2D eigenvalue weighted by molar-refractivity contribution is 1.39. The van der Waals surface area contributed by atoms with E-state index < -0.39 is 0 Å². The molecule has 0 atom stereocenters. The van der Waals surface area contributed by atoms with E-state index in [1.54, 1.807) is 6.20 Å². The molecule has 0 spiro atoms. The van der Waals surface area contributed by atoms with Crippen LogP contribution in [0.25, 0.3) is 10.9 Å². The summed E-state index contributed by atoms with van der Waals surface area (Å²) >= 11 is 9.00. The lowest BCUT2D eigenvalue weighted by atomic mass is 10.2. The molecule has 1 aromatic carbocycles. The SMILES string of the molecule is [S-]c1ccc2ncc(NS)cc2c1. The van der Waals surface area contributed by atoms with Gasteiger partial charge in [-0.2, -0.15) is 4.90 Å². The van der Waals surface area contributed by atoms with Crippen molar-refractivity contribution >= 4 is 42.0 Å². The lowest BCUT2D eigenvalue weighted by Gasteiger charge is -2.07. The van der Waals surface area contributed by atoms with Crippen molar-refractivity contribution in [2.24, 2.45) is 0 Å². The molecule has 2 rings (SSSR count). The number of nitrogens with zero attached hydrogens (tertiary/aromatic N) is 1. The van der Waals surface area contributed by atoms with Crippen LogP contribution in [-0.4, -0.2) is 4.98 Å². The summed E-state index contributed by atoms with van der Waals surface area (Å²) in [7, 11) is 0. The first-order valence-electron chi connectivity index (χ1n) is 3.76. The number of hydrogen-bond donors (Lipinski definition) is 2. The van der Waals surface area contributed by atoms with Gasteiger partial charge in [0.05, 0.1) is 17.4 Å². The van der Waals surface area contributed by atoms with Crippen molar-refractivity contribution in [3.8, 4) is 0 Å². The molecule has 1 heterocycles. The average Bonchev–Trinajstić information content (AvgIpc) is 2.16. The number of thiol groups is 1. The Morgan fingerprint density at radius 2 is 2.15 bits per heavy atom. The maximum Gasteiger partial charge on any atom is 0.0702 e. The molecule has 66 valence electrons. The van der Waals surface area contributed by atoms with E-state index in [0.717, 1.165) is 21.5 Å². The van der Waals surface area contributed by atoms with Gasteiger partial charge in [-0.3, -0.25) is 4.98 Å². The second-order valence-corrected chi connectivity index (χ2v) is 3.39. The van der Waals surface area contributed by atoms with Crippen LogP contribution < -0.4 is 4.72 Å². The first-order valence-corrected chi connectivity index (χ1v) is 4.62. The summed E-state index contributed by atoms with van der Waals surface area (Å²) < 4.78 is 2.74. The smallest absolute Gasteiger partial charge is 0.0702 e. The first kappa shape index (κ1) is 8.59. The maximum atomic E-state index is 5.05. The number of aromatic nitrogens is 1. The molecular weight excluding hydrogens is 200 g/mol. The minimum absolute atomic E-state index is 0.825. The normalized spacial score (nSPS) is 10.2. The minimum atomic E-state index is 0.825. The summed E-state index contributed by atoms with van der Waals surface area (Å²) in [5, 5.41) is 1.03. The van der Waals surface area contributed by atoms with Gasteiger partial charge in [-0.1, -0.05) is 24.9 Å². The highest BCUT2D eigenvalue weighted by Crippen LogP contribution is 2.18. The van der Waals surface area contributed by atoms with Crippen molar-refractivity contribution in [2.45, 2.75) is 4.90 Å². The number of hydrogen-bond acceptors (Lipinski definition) is 4. The number of anilines is 1. The molecule has 0 aliphatic rings. The number of rotatable bonds is 1. The van der Waals surface area contributed by atoms with Crippen LogP contribution in [0.5, 0.6) is 0 Å². The van der Waals surface area contributed by atoms with Gasteiger partial charge in [-0.05, 0) is 12.1 Å². The predicted octanol–water partition coefficient (Wildman–Crippen LogP) is 2.40. The van der Waals surface area contributed by atoms with Crippen LogP contribution in [0.15, 0.2) is 35.4 Å². The van der Waals surface area contributed by atoms with Crippen LogP contribution in [-0.2, 0) is 12.6 Å². The van der Waals surface area contributed by atoms with Crippen LogP contribution in [0, 0.1) is 0 Å². The van der Waals surface area contributed by atoms with Gasteiger partial charge in [0.1, 0.15) is 0 Å². The summed E-state index contributed by atoms with van der Waals surface area (Å²) in [5.41, 5.74) is 1.82. The van der Waals surface area contributed by atoms with E-state index in [1.165, 1.54) is 0 Å². The fraction of sp³-hybridized carbons (Fsp3) is 0. The van der Waals surface area contributed by atoms with E-state index in [9.17, 15) is 0 Å². The zero-order valence-corrected chi connectivity index (χ0v) is 8.40. The summed E-state index contributed by atoms with van der Waals surface area (Å²) in [5.74, 6) is 0. The second-order valence-electron chi connectivity index (χ2n) is 2.69. The third-order valence-electron chi connectivity index (χ3n) is 1.78. The molecule has 2 aromatic rings. The Morgan fingerprint density at radius 1 is 1.31 bits per heavy atom. The van der Waals surface area contributed by atoms with Crippen LogP contribution in [0.4, 0.5) is 5.69 Å². The van der Waals surface area contributed by atoms with Gasteiger partial charge in [0.25, 0.3) is 0 Å². The number of pyridine rings is 1. The van der Waals surface area contributed by atoms with E-state index in [0.29, 0.717) is 0 Å². The molecule has 0 bridgehead atoms. The van der Waals surface area contributed by atoms with Gasteiger partial charge in [0.15, 0.2) is 0 Å². The van der Waals surface area contributed by atoms with E-state index in [-0.39, 0.29) is 0 Å². The fourth-order valence-corrected chi connectivity index (χ4v) is 1.49. The Hall–Kier alpha value is -1.00. The quantitative estimate of drug-likeness (QED) is 0.555. The van der Waals surface area contributed by atoms with Crippen molar-refractivity contribution < 1.29 is 0 Å². The third-order valence-corrected chi connectivity index (χ3v) is 2.29. The molecule has 0 amide bonds. The highest BCUT2D eigenvalue weighted by atomic mass is 32.1. The molecule has 13 heavy (non-hydrogen) atoms. The average molecular weight is 207 g/mol. The first-order chi connectivity index (χ1) is 6.29. The molecule has 0 saturated carbocycles. The zero-order chi connectivity index (χ0) is 9.26. The van der Waals surface area contributed by atoms with Gasteiger partial charge < -0.3 is 17.4 Å². The van der Waals surface area contributed by atoms with Crippen LogP contribution in [0.1, 0.15) is 0 Å². The van der Waals surface area contributed by atoms with Crippen molar-refractivity contribution in [2.75, 3.05) is 4.72 Å². The number of fused-ring (bicyclic) bond motifs is 1. The summed E-state index contributed by atoms with van der Waals surface area (Å²) in [6.45, 7) is 0. The maximum absolute atomic E-state index is 5.05. The Balaban J connectivity index is 2.68. The van der Waals surface area contributed by atoms with Crippen molar-refractivity contribution in [1.82, 2.24) is 4.98 Å². The Bertz CT molecular complexity index is 443. The third kappa shape index (κ3) is 1.68. The minimum Gasteiger partial charge on any atom is -0.780 e. The van der Waals surface area contributed by atoms with Crippen molar-refractivity contribution in [1.29, 1.82) is 0 Å². The molecular formula is C9H7N2S2-. The molecule has 0 radical (unpaired) electrons. The van der Waals surface area contributed by atoms with Gasteiger partial charge in [-0.15, -0.1) is 0 Å². The van der Waals surface area contributed by atoms with Gasteiger partial charge in [0, 0.05) is 5.39 Å². The van der Waals surface area contributed by atoms with Crippen LogP contribution in [0.2, 0.25) is 0 Å². The molecule has 4 heteroatoms. The fourth-order valence-electron chi connectivity index (χ4n) is 1.17. The number of benzene rings is 1. The molecule has 0 unspecified atom stereocenters. The Labute approximate surface area is 87.3 Å². The Kier molecular flexibility index (Phi) is 2.24. The number of nitrogens with one attached hydrogen (secondary N) is 1. The molecule has 1 N–H and O–H groups in total. The summed E-state index contributed by atoms with van der Waals surface area (Å²) in [6, 6.07) is 7.68. The molecule has 0 aliphatic carbocycles. The van der Waals surface area contributed by atoms with Crippen molar-refractivity contribution in [3.63, 3.8) is 0 Å². The van der Waals surface area contributed by atoms with E-state index in [2.05, 4.69) is 22.5 Å². The van der Waals surface area contributed by atoms with Crippen molar-refractivity contribution in [3.05, 3.63) is 30.5 Å². The van der Waals surface area contributed by atoms with E-state index in [4.69, 9.17) is 12.6 Å². The topological polar surface area (TPSA) is 24.9 Å². The zero-order valence-electron chi connectivity index (χ0n) is 6.69. The molecule has 0 fully saturated rings. The summed E-state index contributed by atoms with van der Waals surface area (Å²) in [6.07, 6.45) is 1.73. The standard InChI is InChI=1S/C9H8N2S2/c12-8-1-2-9-6(4-8)3-7(11-13)5-10-9/h1-5,11-13H/p-1. The monoisotopic (exact) mass is 207 g/mol. The lowest BCUT2D eigenvalue weighted by Crippen LogP contribution is -1.84. The van der Waals surface area contributed by atoms with E-state index in [1.807, 2.05) is 24.3 Å².